The van der Waals surface area contributed by atoms with Gasteiger partial charge in [-0.1, -0.05) is 0 Å². The predicted molar refractivity (Wildman–Crippen MR) is 67.9 cm³/mol. The molecule has 1 aromatic rings. The Labute approximate surface area is 106 Å². The molecule has 1 atom stereocenters. The lowest BCUT2D eigenvalue weighted by atomic mass is 10.2. The molecule has 0 spiro atoms. The third-order valence-corrected chi connectivity index (χ3v) is 3.53. The van der Waals surface area contributed by atoms with Crippen LogP contribution in [0.25, 0.3) is 0 Å². The number of carbonyl (C=O) groups excluding carboxylic acids is 1. The van der Waals surface area contributed by atoms with Crippen LogP contribution in [0.2, 0.25) is 0 Å². The van der Waals surface area contributed by atoms with Crippen LogP contribution < -0.4 is 5.32 Å². The van der Waals surface area contributed by atoms with E-state index in [-0.39, 0.29) is 11.9 Å². The fourth-order valence-corrected chi connectivity index (χ4v) is 2.44. The Morgan fingerprint density at radius 3 is 2.61 bits per heavy atom. The number of benzene rings is 1. The number of likely N-dealkylation sites (tertiary alicyclic amines) is 1. The second kappa shape index (κ2) is 4.34. The second-order valence-electron chi connectivity index (χ2n) is 5.01. The molecule has 2 aliphatic rings. The maximum atomic E-state index is 11.8. The van der Waals surface area contributed by atoms with Gasteiger partial charge in [0.15, 0.2) is 0 Å². The number of hydrogen-bond acceptors (Lipinski definition) is 3. The molecule has 0 bridgehead atoms. The summed E-state index contributed by atoms with van der Waals surface area (Å²) in [4.78, 5) is 13.8. The van der Waals surface area contributed by atoms with Gasteiger partial charge in [0.1, 0.15) is 0 Å². The Bertz CT molecular complexity index is 499. The van der Waals surface area contributed by atoms with Gasteiger partial charge in [-0.05, 0) is 37.1 Å². The summed E-state index contributed by atoms with van der Waals surface area (Å²) in [6.45, 7) is 0.809. The number of anilines is 1. The van der Waals surface area contributed by atoms with E-state index in [2.05, 4.69) is 11.4 Å². The highest BCUT2D eigenvalue weighted by molar-refractivity contribution is 5.80. The van der Waals surface area contributed by atoms with Gasteiger partial charge in [0.25, 0.3) is 0 Å². The predicted octanol–water partition coefficient (Wildman–Crippen LogP) is 1.73. The Morgan fingerprint density at radius 1 is 1.28 bits per heavy atom. The molecule has 18 heavy (non-hydrogen) atoms. The number of rotatable bonds is 3. The van der Waals surface area contributed by atoms with E-state index in [9.17, 15) is 4.79 Å². The van der Waals surface area contributed by atoms with Crippen LogP contribution in [0.3, 0.4) is 0 Å². The summed E-state index contributed by atoms with van der Waals surface area (Å²) in [5.74, 6) is 0.267. The standard InChI is InChI=1S/C14H15N3O/c15-8-10-1-3-11(4-2-10)16-12-7-14(18)17(9-12)13-5-6-13/h1-4,12-13,16H,5-7,9H2. The van der Waals surface area contributed by atoms with E-state index in [0.717, 1.165) is 25.1 Å². The first-order valence-corrected chi connectivity index (χ1v) is 6.32. The summed E-state index contributed by atoms with van der Waals surface area (Å²) in [6.07, 6.45) is 2.90. The largest absolute Gasteiger partial charge is 0.380 e. The average Bonchev–Trinajstić information content (AvgIpc) is 3.15. The number of nitrogens with zero attached hydrogens (tertiary/aromatic N) is 2. The van der Waals surface area contributed by atoms with Crippen LogP contribution in [0.4, 0.5) is 5.69 Å². The molecule has 1 amide bonds. The third kappa shape index (κ3) is 2.17. The molecule has 3 rings (SSSR count). The van der Waals surface area contributed by atoms with E-state index >= 15 is 0 Å². The minimum atomic E-state index is 0.200. The lowest BCUT2D eigenvalue weighted by molar-refractivity contribution is -0.128. The number of hydrogen-bond donors (Lipinski definition) is 1. The van der Waals surface area contributed by atoms with Crippen molar-refractivity contribution >= 4 is 11.6 Å². The molecule has 1 unspecified atom stereocenters. The van der Waals surface area contributed by atoms with Crippen molar-refractivity contribution in [2.24, 2.45) is 0 Å². The highest BCUT2D eigenvalue weighted by Gasteiger charge is 2.39. The summed E-state index contributed by atoms with van der Waals surface area (Å²) in [7, 11) is 0. The van der Waals surface area contributed by atoms with Crippen LogP contribution >= 0.6 is 0 Å². The average molecular weight is 241 g/mol. The molecule has 1 heterocycles. The van der Waals surface area contributed by atoms with Crippen LogP contribution in [-0.2, 0) is 4.79 Å². The van der Waals surface area contributed by atoms with Gasteiger partial charge in [-0.3, -0.25) is 4.79 Å². The molecule has 4 heteroatoms. The first kappa shape index (κ1) is 11.1. The summed E-state index contributed by atoms with van der Waals surface area (Å²) < 4.78 is 0. The molecule has 1 N–H and O–H groups in total. The van der Waals surface area contributed by atoms with Crippen molar-refractivity contribution in [3.05, 3.63) is 29.8 Å². The van der Waals surface area contributed by atoms with E-state index in [0.29, 0.717) is 18.0 Å². The monoisotopic (exact) mass is 241 g/mol. The zero-order chi connectivity index (χ0) is 12.5. The summed E-state index contributed by atoms with van der Waals surface area (Å²) in [5, 5.41) is 12.1. The fraction of sp³-hybridized carbons (Fsp3) is 0.429. The van der Waals surface area contributed by atoms with E-state index in [1.807, 2.05) is 17.0 Å². The van der Waals surface area contributed by atoms with Crippen molar-refractivity contribution in [1.82, 2.24) is 4.90 Å². The van der Waals surface area contributed by atoms with Gasteiger partial charge in [0, 0.05) is 24.7 Å². The smallest absolute Gasteiger partial charge is 0.225 e. The molecular formula is C14H15N3O. The van der Waals surface area contributed by atoms with Crippen LogP contribution in [0.5, 0.6) is 0 Å². The van der Waals surface area contributed by atoms with Crippen molar-refractivity contribution in [2.75, 3.05) is 11.9 Å². The lowest BCUT2D eigenvalue weighted by Crippen LogP contribution is -2.29. The van der Waals surface area contributed by atoms with Gasteiger partial charge >= 0.3 is 0 Å². The summed E-state index contributed by atoms with van der Waals surface area (Å²) >= 11 is 0. The van der Waals surface area contributed by atoms with Crippen molar-refractivity contribution < 1.29 is 4.79 Å². The molecule has 1 aliphatic carbocycles. The van der Waals surface area contributed by atoms with E-state index in [1.165, 1.54) is 0 Å². The zero-order valence-electron chi connectivity index (χ0n) is 10.1. The van der Waals surface area contributed by atoms with E-state index in [4.69, 9.17) is 5.26 Å². The number of nitrogens with one attached hydrogen (secondary N) is 1. The summed E-state index contributed by atoms with van der Waals surface area (Å²) in [5.41, 5.74) is 1.63. The van der Waals surface area contributed by atoms with Crippen molar-refractivity contribution in [3.63, 3.8) is 0 Å². The minimum absolute atomic E-state index is 0.200. The van der Waals surface area contributed by atoms with Crippen LogP contribution in [0.15, 0.2) is 24.3 Å². The van der Waals surface area contributed by atoms with Crippen LogP contribution in [0, 0.1) is 11.3 Å². The van der Waals surface area contributed by atoms with Crippen molar-refractivity contribution in [3.8, 4) is 6.07 Å². The third-order valence-electron chi connectivity index (χ3n) is 3.53. The van der Waals surface area contributed by atoms with Crippen molar-refractivity contribution in [2.45, 2.75) is 31.3 Å². The molecule has 2 fully saturated rings. The fourth-order valence-electron chi connectivity index (χ4n) is 2.44. The molecule has 4 nitrogen and oxygen atoms in total. The van der Waals surface area contributed by atoms with Gasteiger partial charge in [0.05, 0.1) is 17.7 Å². The Morgan fingerprint density at radius 2 is 2.00 bits per heavy atom. The Kier molecular flexibility index (Phi) is 2.67. The molecule has 92 valence electrons. The first-order valence-electron chi connectivity index (χ1n) is 6.32. The van der Waals surface area contributed by atoms with Gasteiger partial charge in [-0.2, -0.15) is 5.26 Å². The Hall–Kier alpha value is -2.02. The number of nitriles is 1. The van der Waals surface area contributed by atoms with Gasteiger partial charge < -0.3 is 10.2 Å². The first-order chi connectivity index (χ1) is 8.76. The van der Waals surface area contributed by atoms with Gasteiger partial charge in [-0.25, -0.2) is 0 Å². The zero-order valence-corrected chi connectivity index (χ0v) is 10.1. The molecule has 1 saturated carbocycles. The minimum Gasteiger partial charge on any atom is -0.380 e. The molecule has 1 aromatic carbocycles. The van der Waals surface area contributed by atoms with Crippen LogP contribution in [-0.4, -0.2) is 29.4 Å². The molecule has 1 saturated heterocycles. The van der Waals surface area contributed by atoms with Crippen molar-refractivity contribution in [1.29, 1.82) is 5.26 Å². The maximum absolute atomic E-state index is 11.8. The lowest BCUT2D eigenvalue weighted by Gasteiger charge is -2.16. The van der Waals surface area contributed by atoms with E-state index < -0.39 is 0 Å². The quantitative estimate of drug-likeness (QED) is 0.876. The SMILES string of the molecule is N#Cc1ccc(NC2CC(=O)N(C3CC3)C2)cc1. The highest BCUT2D eigenvalue weighted by Crippen LogP contribution is 2.31. The molecule has 0 radical (unpaired) electrons. The number of amides is 1. The van der Waals surface area contributed by atoms with Crippen LogP contribution in [0.1, 0.15) is 24.8 Å². The molecular weight excluding hydrogens is 226 g/mol. The number of carbonyl (C=O) groups is 1. The second-order valence-corrected chi connectivity index (χ2v) is 5.01. The van der Waals surface area contributed by atoms with Gasteiger partial charge in [-0.15, -0.1) is 0 Å². The topological polar surface area (TPSA) is 56.1 Å². The highest BCUT2D eigenvalue weighted by atomic mass is 16.2. The summed E-state index contributed by atoms with van der Waals surface area (Å²) in [6, 6.07) is 10.2. The molecule has 1 aliphatic heterocycles. The Balaban J connectivity index is 1.63. The normalized spacial score (nSPS) is 22.9. The maximum Gasteiger partial charge on any atom is 0.225 e. The molecule has 0 aromatic heterocycles. The van der Waals surface area contributed by atoms with E-state index in [1.54, 1.807) is 12.1 Å². The van der Waals surface area contributed by atoms with Gasteiger partial charge in [0.2, 0.25) is 5.91 Å².